The average Bonchev–Trinajstić information content (AvgIpc) is 2.45. The SMILES string of the molecule is CCCCCCCCCCC[Si](OCC)(OCC)OC(C)N. The van der Waals surface area contributed by atoms with Crippen molar-refractivity contribution in [3.8, 4) is 0 Å². The summed E-state index contributed by atoms with van der Waals surface area (Å²) in [7, 11) is -2.57. The third-order valence-corrected chi connectivity index (χ3v) is 6.83. The molecule has 5 heteroatoms. The molecule has 0 aliphatic rings. The Morgan fingerprint density at radius 2 is 1.23 bits per heavy atom. The second-order valence-electron chi connectivity index (χ2n) is 5.95. The highest BCUT2D eigenvalue weighted by molar-refractivity contribution is 6.60. The van der Waals surface area contributed by atoms with Crippen molar-refractivity contribution in [3.63, 3.8) is 0 Å². The van der Waals surface area contributed by atoms with Gasteiger partial charge in [0.15, 0.2) is 0 Å². The number of nitrogens with two attached hydrogens (primary N) is 1. The van der Waals surface area contributed by atoms with Crippen LogP contribution in [0, 0.1) is 0 Å². The second kappa shape index (κ2) is 14.6. The van der Waals surface area contributed by atoms with Gasteiger partial charge in [-0.1, -0.05) is 58.3 Å². The fourth-order valence-corrected chi connectivity index (χ4v) is 5.44. The lowest BCUT2D eigenvalue weighted by Gasteiger charge is -2.30. The summed E-state index contributed by atoms with van der Waals surface area (Å²) < 4.78 is 17.6. The van der Waals surface area contributed by atoms with Gasteiger partial charge in [0.25, 0.3) is 0 Å². The van der Waals surface area contributed by atoms with E-state index in [4.69, 9.17) is 19.0 Å². The van der Waals surface area contributed by atoms with E-state index in [2.05, 4.69) is 6.92 Å². The maximum absolute atomic E-state index is 5.87. The van der Waals surface area contributed by atoms with Crippen LogP contribution in [0.1, 0.15) is 85.5 Å². The predicted molar refractivity (Wildman–Crippen MR) is 95.8 cm³/mol. The lowest BCUT2D eigenvalue weighted by atomic mass is 10.1. The van der Waals surface area contributed by atoms with Crippen LogP contribution in [0.2, 0.25) is 6.04 Å². The summed E-state index contributed by atoms with van der Waals surface area (Å²) in [6, 6.07) is 0.881. The van der Waals surface area contributed by atoms with Crippen molar-refractivity contribution in [1.29, 1.82) is 0 Å². The molecule has 1 unspecified atom stereocenters. The summed E-state index contributed by atoms with van der Waals surface area (Å²) in [4.78, 5) is 0. The van der Waals surface area contributed by atoms with Crippen LogP contribution < -0.4 is 5.73 Å². The molecule has 22 heavy (non-hydrogen) atoms. The number of rotatable bonds is 16. The normalized spacial score (nSPS) is 13.5. The highest BCUT2D eigenvalue weighted by atomic mass is 28.4. The first kappa shape index (κ1) is 22.1. The van der Waals surface area contributed by atoms with Crippen LogP contribution in [0.25, 0.3) is 0 Å². The molecule has 0 saturated carbocycles. The summed E-state index contributed by atoms with van der Waals surface area (Å²) in [5.74, 6) is 0. The minimum atomic E-state index is -2.57. The predicted octanol–water partition coefficient (Wildman–Crippen LogP) is 4.85. The molecule has 0 saturated heterocycles. The van der Waals surface area contributed by atoms with Crippen molar-refractivity contribution in [2.24, 2.45) is 5.73 Å². The molecule has 1 atom stereocenters. The van der Waals surface area contributed by atoms with E-state index in [1.807, 2.05) is 20.8 Å². The lowest BCUT2D eigenvalue weighted by molar-refractivity contribution is 0.0399. The monoisotopic (exact) mass is 333 g/mol. The van der Waals surface area contributed by atoms with Crippen molar-refractivity contribution in [2.45, 2.75) is 97.8 Å². The summed E-state index contributed by atoms with van der Waals surface area (Å²) in [5.41, 5.74) is 5.80. The Labute approximate surface area is 139 Å². The maximum Gasteiger partial charge on any atom is 0.502 e. The van der Waals surface area contributed by atoms with Gasteiger partial charge in [-0.05, 0) is 27.2 Å². The van der Waals surface area contributed by atoms with Crippen molar-refractivity contribution in [1.82, 2.24) is 0 Å². The Bertz CT molecular complexity index is 234. The smallest absolute Gasteiger partial charge is 0.374 e. The first-order valence-electron chi connectivity index (χ1n) is 9.31. The van der Waals surface area contributed by atoms with Gasteiger partial charge in [-0.2, -0.15) is 0 Å². The maximum atomic E-state index is 5.87. The van der Waals surface area contributed by atoms with E-state index in [0.717, 1.165) is 12.5 Å². The highest BCUT2D eigenvalue weighted by Gasteiger charge is 2.41. The number of hydrogen-bond donors (Lipinski definition) is 1. The van der Waals surface area contributed by atoms with Gasteiger partial charge in [0.1, 0.15) is 0 Å². The Morgan fingerprint density at radius 3 is 1.64 bits per heavy atom. The van der Waals surface area contributed by atoms with Gasteiger partial charge < -0.3 is 19.0 Å². The second-order valence-corrected chi connectivity index (χ2v) is 8.63. The molecule has 0 amide bonds. The summed E-state index contributed by atoms with van der Waals surface area (Å²) in [6.07, 6.45) is 11.5. The standard InChI is InChI=1S/C17H39NO3Si/c1-5-8-9-10-11-12-13-14-15-16-22(19-6-2,20-7-3)21-17(4)18/h17H,5-16,18H2,1-4H3. The van der Waals surface area contributed by atoms with E-state index in [1.165, 1.54) is 51.4 Å². The molecule has 0 aromatic carbocycles. The van der Waals surface area contributed by atoms with Gasteiger partial charge in [-0.3, -0.25) is 0 Å². The third kappa shape index (κ3) is 11.6. The molecule has 0 aliphatic heterocycles. The highest BCUT2D eigenvalue weighted by Crippen LogP contribution is 2.21. The van der Waals surface area contributed by atoms with Crippen LogP contribution in [0.4, 0.5) is 0 Å². The van der Waals surface area contributed by atoms with E-state index in [-0.39, 0.29) is 6.23 Å². The van der Waals surface area contributed by atoms with E-state index in [9.17, 15) is 0 Å². The lowest BCUT2D eigenvalue weighted by Crippen LogP contribution is -2.49. The topological polar surface area (TPSA) is 53.7 Å². The minimum absolute atomic E-state index is 0.330. The average molecular weight is 334 g/mol. The van der Waals surface area contributed by atoms with Crippen molar-refractivity contribution in [3.05, 3.63) is 0 Å². The van der Waals surface area contributed by atoms with Gasteiger partial charge in [-0.15, -0.1) is 0 Å². The van der Waals surface area contributed by atoms with Gasteiger partial charge >= 0.3 is 8.80 Å². The molecule has 0 spiro atoms. The van der Waals surface area contributed by atoms with Crippen molar-refractivity contribution < 1.29 is 13.3 Å². The largest absolute Gasteiger partial charge is 0.502 e. The molecule has 0 aromatic rings. The molecule has 0 aliphatic carbocycles. The van der Waals surface area contributed by atoms with Crippen LogP contribution in [0.15, 0.2) is 0 Å². The third-order valence-electron chi connectivity index (χ3n) is 3.68. The van der Waals surface area contributed by atoms with Crippen LogP contribution >= 0.6 is 0 Å². The molecule has 0 fully saturated rings. The van der Waals surface area contributed by atoms with Crippen molar-refractivity contribution in [2.75, 3.05) is 13.2 Å². The first-order valence-corrected chi connectivity index (χ1v) is 11.2. The Morgan fingerprint density at radius 1 is 0.773 bits per heavy atom. The van der Waals surface area contributed by atoms with E-state index in [1.54, 1.807) is 0 Å². The fraction of sp³-hybridized carbons (Fsp3) is 1.00. The van der Waals surface area contributed by atoms with Crippen LogP contribution in [0.3, 0.4) is 0 Å². The zero-order valence-electron chi connectivity index (χ0n) is 15.4. The zero-order chi connectivity index (χ0) is 16.7. The molecule has 0 radical (unpaired) electrons. The molecule has 0 heterocycles. The quantitative estimate of drug-likeness (QED) is 0.249. The molecule has 2 N–H and O–H groups in total. The van der Waals surface area contributed by atoms with Gasteiger partial charge in [0.05, 0.1) is 6.23 Å². The van der Waals surface area contributed by atoms with E-state index < -0.39 is 8.80 Å². The number of hydrogen-bond acceptors (Lipinski definition) is 4. The minimum Gasteiger partial charge on any atom is -0.374 e. The Kier molecular flexibility index (Phi) is 14.7. The van der Waals surface area contributed by atoms with E-state index in [0.29, 0.717) is 13.2 Å². The number of unbranched alkanes of at least 4 members (excludes halogenated alkanes) is 8. The Balaban J connectivity index is 3.91. The fourth-order valence-electron chi connectivity index (χ4n) is 2.69. The van der Waals surface area contributed by atoms with Crippen LogP contribution in [0.5, 0.6) is 0 Å². The zero-order valence-corrected chi connectivity index (χ0v) is 16.4. The van der Waals surface area contributed by atoms with Crippen LogP contribution in [-0.4, -0.2) is 28.2 Å². The molecule has 0 rings (SSSR count). The van der Waals surface area contributed by atoms with Gasteiger partial charge in [-0.25, -0.2) is 0 Å². The van der Waals surface area contributed by atoms with Crippen molar-refractivity contribution >= 4 is 8.80 Å². The molecule has 0 bridgehead atoms. The Hall–Kier alpha value is 0.0569. The molecular formula is C17H39NO3Si. The molecular weight excluding hydrogens is 294 g/mol. The summed E-state index contributed by atoms with van der Waals surface area (Å²) >= 11 is 0. The van der Waals surface area contributed by atoms with Gasteiger partial charge in [0.2, 0.25) is 0 Å². The van der Waals surface area contributed by atoms with Gasteiger partial charge in [0, 0.05) is 19.3 Å². The molecule has 4 nitrogen and oxygen atoms in total. The molecule has 0 aromatic heterocycles. The van der Waals surface area contributed by atoms with E-state index >= 15 is 0 Å². The summed E-state index contributed by atoms with van der Waals surface area (Å²) in [5, 5.41) is 0. The molecule has 134 valence electrons. The van der Waals surface area contributed by atoms with Crippen LogP contribution in [-0.2, 0) is 13.3 Å². The summed E-state index contributed by atoms with van der Waals surface area (Å²) in [6.45, 7) is 9.32. The first-order chi connectivity index (χ1) is 10.6.